The van der Waals surface area contributed by atoms with Crippen LogP contribution >= 0.6 is 0 Å². The highest BCUT2D eigenvalue weighted by Crippen LogP contribution is 2.30. The lowest BCUT2D eigenvalue weighted by Gasteiger charge is -2.18. The summed E-state index contributed by atoms with van der Waals surface area (Å²) < 4.78 is 0. The van der Waals surface area contributed by atoms with Crippen molar-refractivity contribution in [3.8, 4) is 0 Å². The van der Waals surface area contributed by atoms with Crippen molar-refractivity contribution in [3.63, 3.8) is 0 Å². The van der Waals surface area contributed by atoms with E-state index in [1.165, 1.54) is 0 Å². The molecule has 4 N–H and O–H groups in total. The summed E-state index contributed by atoms with van der Waals surface area (Å²) >= 11 is 0. The minimum Gasteiger partial charge on any atom is -0.481 e. The number of rotatable bonds is 7. The van der Waals surface area contributed by atoms with Gasteiger partial charge in [-0.25, -0.2) is 0 Å². The highest BCUT2D eigenvalue weighted by molar-refractivity contribution is 5.67. The Bertz CT molecular complexity index is 222. The monoisotopic (exact) mass is 231 g/mol. The topological polar surface area (TPSA) is 89.8 Å². The quantitative estimate of drug-likeness (QED) is 0.488. The van der Waals surface area contributed by atoms with Crippen molar-refractivity contribution in [2.24, 2.45) is 11.8 Å². The number of hydrogen-bond acceptors (Lipinski definition) is 4. The van der Waals surface area contributed by atoms with E-state index in [-0.39, 0.29) is 13.0 Å². The molecule has 0 aromatic rings. The van der Waals surface area contributed by atoms with Gasteiger partial charge < -0.3 is 20.6 Å². The average molecular weight is 231 g/mol. The van der Waals surface area contributed by atoms with E-state index in [9.17, 15) is 9.90 Å². The molecule has 16 heavy (non-hydrogen) atoms. The van der Waals surface area contributed by atoms with Gasteiger partial charge in [0.25, 0.3) is 0 Å². The minimum atomic E-state index is -0.983. The molecule has 5 heteroatoms. The Hall–Kier alpha value is -0.650. The van der Waals surface area contributed by atoms with Crippen LogP contribution in [0.25, 0.3) is 0 Å². The molecule has 0 bridgehead atoms. The molecule has 3 unspecified atom stereocenters. The number of hydrogen-bond donors (Lipinski definition) is 4. The number of aliphatic hydroxyl groups is 2. The van der Waals surface area contributed by atoms with Crippen molar-refractivity contribution in [2.75, 3.05) is 19.7 Å². The van der Waals surface area contributed by atoms with E-state index >= 15 is 0 Å². The number of nitrogens with one attached hydrogen (secondary N) is 1. The second kappa shape index (κ2) is 6.83. The summed E-state index contributed by atoms with van der Waals surface area (Å²) in [5.74, 6) is -0.158. The van der Waals surface area contributed by atoms with E-state index in [4.69, 9.17) is 10.2 Å². The van der Waals surface area contributed by atoms with Crippen molar-refractivity contribution < 1.29 is 20.1 Å². The smallest absolute Gasteiger partial charge is 0.306 e. The summed E-state index contributed by atoms with van der Waals surface area (Å²) in [6.07, 6.45) is 2.27. The number of carboxylic acid groups (broad SMARTS) is 1. The van der Waals surface area contributed by atoms with Crippen molar-refractivity contribution in [1.29, 1.82) is 0 Å². The maximum atomic E-state index is 10.3. The normalized spacial score (nSPS) is 26.9. The first kappa shape index (κ1) is 13.4. The fraction of sp³-hybridized carbons (Fsp3) is 0.909. The first-order chi connectivity index (χ1) is 7.63. The summed E-state index contributed by atoms with van der Waals surface area (Å²) in [6.45, 7) is 1.28. The summed E-state index contributed by atoms with van der Waals surface area (Å²) in [5.41, 5.74) is 0. The van der Waals surface area contributed by atoms with Gasteiger partial charge in [-0.1, -0.05) is 6.42 Å². The lowest BCUT2D eigenvalue weighted by Crippen LogP contribution is -2.33. The van der Waals surface area contributed by atoms with Crippen LogP contribution in [-0.4, -0.2) is 47.1 Å². The van der Waals surface area contributed by atoms with Gasteiger partial charge in [0.15, 0.2) is 0 Å². The Labute approximate surface area is 95.5 Å². The van der Waals surface area contributed by atoms with Gasteiger partial charge in [-0.15, -0.1) is 0 Å². The molecule has 1 fully saturated rings. The Morgan fingerprint density at radius 3 is 2.69 bits per heavy atom. The number of carbonyl (C=O) groups is 1. The molecule has 0 spiro atoms. The molecule has 0 amide bonds. The molecular weight excluding hydrogens is 210 g/mol. The fourth-order valence-corrected chi connectivity index (χ4v) is 2.33. The third-order valence-electron chi connectivity index (χ3n) is 3.25. The molecule has 3 atom stereocenters. The van der Waals surface area contributed by atoms with Gasteiger partial charge in [0.05, 0.1) is 12.5 Å². The molecule has 1 aliphatic rings. The molecule has 1 aliphatic carbocycles. The van der Waals surface area contributed by atoms with Crippen LogP contribution in [0.4, 0.5) is 0 Å². The molecule has 0 aromatic carbocycles. The minimum absolute atomic E-state index is 0.221. The third-order valence-corrected chi connectivity index (χ3v) is 3.25. The first-order valence-electron chi connectivity index (χ1n) is 5.85. The zero-order chi connectivity index (χ0) is 12.0. The van der Waals surface area contributed by atoms with Gasteiger partial charge in [0.2, 0.25) is 0 Å². The maximum Gasteiger partial charge on any atom is 0.306 e. The van der Waals surface area contributed by atoms with Crippen LogP contribution in [0.15, 0.2) is 0 Å². The maximum absolute atomic E-state index is 10.3. The zero-order valence-electron chi connectivity index (χ0n) is 9.43. The molecule has 0 saturated heterocycles. The lowest BCUT2D eigenvalue weighted by molar-refractivity contribution is -0.139. The Morgan fingerprint density at radius 2 is 2.06 bits per heavy atom. The van der Waals surface area contributed by atoms with Crippen LogP contribution in [0.2, 0.25) is 0 Å². The van der Waals surface area contributed by atoms with Gasteiger partial charge in [-0.2, -0.15) is 0 Å². The highest BCUT2D eigenvalue weighted by Gasteiger charge is 2.26. The summed E-state index contributed by atoms with van der Waals surface area (Å²) in [5, 5.41) is 30.0. The molecule has 0 radical (unpaired) electrons. The van der Waals surface area contributed by atoms with Gasteiger partial charge in [-0.3, -0.25) is 4.79 Å². The highest BCUT2D eigenvalue weighted by atomic mass is 16.4. The molecule has 5 nitrogen and oxygen atoms in total. The average Bonchev–Trinajstić information content (AvgIpc) is 2.64. The van der Waals surface area contributed by atoms with E-state index in [2.05, 4.69) is 5.32 Å². The first-order valence-corrected chi connectivity index (χ1v) is 5.85. The number of carboxylic acids is 1. The lowest BCUT2D eigenvalue weighted by atomic mass is 9.97. The Morgan fingerprint density at radius 1 is 1.38 bits per heavy atom. The van der Waals surface area contributed by atoms with Crippen LogP contribution < -0.4 is 5.32 Å². The fourth-order valence-electron chi connectivity index (χ4n) is 2.33. The van der Waals surface area contributed by atoms with Crippen LogP contribution in [0, 0.1) is 11.8 Å². The largest absolute Gasteiger partial charge is 0.481 e. The SMILES string of the molecule is O=C(O)CC(O)CNCC1CCCC1CO. The van der Waals surface area contributed by atoms with Crippen molar-refractivity contribution in [1.82, 2.24) is 5.32 Å². The second-order valence-electron chi connectivity index (χ2n) is 4.54. The van der Waals surface area contributed by atoms with E-state index in [0.717, 1.165) is 25.8 Å². The van der Waals surface area contributed by atoms with Crippen molar-refractivity contribution in [2.45, 2.75) is 31.8 Å². The summed E-state index contributed by atoms with van der Waals surface area (Å²) in [7, 11) is 0. The van der Waals surface area contributed by atoms with E-state index in [1.807, 2.05) is 0 Å². The van der Waals surface area contributed by atoms with Crippen LogP contribution in [0.5, 0.6) is 0 Å². The predicted molar refractivity (Wildman–Crippen MR) is 59.0 cm³/mol. The van der Waals surface area contributed by atoms with Crippen molar-refractivity contribution in [3.05, 3.63) is 0 Å². The van der Waals surface area contributed by atoms with Crippen molar-refractivity contribution >= 4 is 5.97 Å². The predicted octanol–water partition coefficient (Wildman–Crippen LogP) is -0.180. The van der Waals surface area contributed by atoms with E-state index in [0.29, 0.717) is 18.4 Å². The summed E-state index contributed by atoms with van der Waals surface area (Å²) in [4.78, 5) is 10.3. The number of aliphatic carboxylic acids is 1. The standard InChI is InChI=1S/C11H21NO4/c13-7-9-3-1-2-8(9)5-12-6-10(14)4-11(15)16/h8-10,12-14H,1-7H2,(H,15,16). The Balaban J connectivity index is 2.12. The molecule has 1 rings (SSSR count). The van der Waals surface area contributed by atoms with Gasteiger partial charge in [0, 0.05) is 13.2 Å². The molecule has 0 heterocycles. The van der Waals surface area contributed by atoms with E-state index in [1.54, 1.807) is 0 Å². The molecule has 0 aliphatic heterocycles. The van der Waals surface area contributed by atoms with Crippen LogP contribution in [-0.2, 0) is 4.79 Å². The zero-order valence-corrected chi connectivity index (χ0v) is 9.43. The third kappa shape index (κ3) is 4.47. The molecule has 0 aromatic heterocycles. The molecule has 1 saturated carbocycles. The molecular formula is C11H21NO4. The van der Waals surface area contributed by atoms with Crippen LogP contribution in [0.3, 0.4) is 0 Å². The summed E-state index contributed by atoms with van der Waals surface area (Å²) in [6, 6.07) is 0. The Kier molecular flexibility index (Phi) is 5.73. The van der Waals surface area contributed by atoms with Gasteiger partial charge in [-0.05, 0) is 31.2 Å². The van der Waals surface area contributed by atoms with Gasteiger partial charge >= 0.3 is 5.97 Å². The van der Waals surface area contributed by atoms with E-state index < -0.39 is 12.1 Å². The van der Waals surface area contributed by atoms with Crippen LogP contribution in [0.1, 0.15) is 25.7 Å². The van der Waals surface area contributed by atoms with Gasteiger partial charge in [0.1, 0.15) is 0 Å². The molecule has 94 valence electrons. The number of aliphatic hydroxyl groups excluding tert-OH is 2. The second-order valence-corrected chi connectivity index (χ2v) is 4.54.